The summed E-state index contributed by atoms with van der Waals surface area (Å²) in [4.78, 5) is 18.8. The second-order valence-electron chi connectivity index (χ2n) is 6.09. The van der Waals surface area contributed by atoms with Crippen molar-refractivity contribution in [2.45, 2.75) is 26.3 Å². The molecule has 0 bridgehead atoms. The molecule has 3 aromatic rings. The molecule has 24 heavy (non-hydrogen) atoms. The predicted molar refractivity (Wildman–Crippen MR) is 97.7 cm³/mol. The molecule has 0 aliphatic rings. The van der Waals surface area contributed by atoms with E-state index < -0.39 is 0 Å². The molecular weight excluding hydrogens is 296 g/mol. The second-order valence-corrected chi connectivity index (χ2v) is 6.09. The van der Waals surface area contributed by atoms with Crippen molar-refractivity contribution in [3.63, 3.8) is 0 Å². The zero-order valence-corrected chi connectivity index (χ0v) is 14.2. The molecule has 1 aromatic heterocycles. The van der Waals surface area contributed by atoms with Crippen LogP contribution >= 0.6 is 0 Å². The van der Waals surface area contributed by atoms with Gasteiger partial charge in [0.05, 0.1) is 11.9 Å². The Morgan fingerprint density at radius 2 is 1.71 bits per heavy atom. The lowest BCUT2D eigenvalue weighted by Gasteiger charge is -2.18. The number of nitrogens with zero attached hydrogens (tertiary/aromatic N) is 2. The summed E-state index contributed by atoms with van der Waals surface area (Å²) in [6.45, 7) is 2.77. The van der Waals surface area contributed by atoms with Gasteiger partial charge < -0.3 is 4.90 Å². The van der Waals surface area contributed by atoms with Gasteiger partial charge in [-0.25, -0.2) is 0 Å². The molecule has 0 aliphatic carbocycles. The minimum absolute atomic E-state index is 0.104. The van der Waals surface area contributed by atoms with Crippen LogP contribution in [0, 0.1) is 0 Å². The smallest absolute Gasteiger partial charge is 0.227 e. The fourth-order valence-electron chi connectivity index (χ4n) is 2.85. The third-order valence-electron chi connectivity index (χ3n) is 4.33. The van der Waals surface area contributed by atoms with Crippen LogP contribution in [-0.4, -0.2) is 22.8 Å². The lowest BCUT2D eigenvalue weighted by molar-refractivity contribution is -0.129. The van der Waals surface area contributed by atoms with Gasteiger partial charge in [0.2, 0.25) is 5.91 Å². The maximum Gasteiger partial charge on any atom is 0.227 e. The average molecular weight is 318 g/mol. The van der Waals surface area contributed by atoms with Gasteiger partial charge in [-0.1, -0.05) is 55.5 Å². The SMILES string of the molecule is CCc1ccc(CN(C)C(=O)Cc2cccc3cccnc23)cc1. The van der Waals surface area contributed by atoms with Crippen LogP contribution < -0.4 is 0 Å². The number of fused-ring (bicyclic) bond motifs is 1. The van der Waals surface area contributed by atoms with Crippen molar-refractivity contribution in [1.82, 2.24) is 9.88 Å². The molecule has 122 valence electrons. The molecule has 1 amide bonds. The van der Waals surface area contributed by atoms with Gasteiger partial charge in [-0.2, -0.15) is 0 Å². The molecule has 0 saturated carbocycles. The van der Waals surface area contributed by atoms with Crippen molar-refractivity contribution in [3.8, 4) is 0 Å². The quantitative estimate of drug-likeness (QED) is 0.712. The summed E-state index contributed by atoms with van der Waals surface area (Å²) in [7, 11) is 1.86. The Hall–Kier alpha value is -2.68. The number of rotatable bonds is 5. The third-order valence-corrected chi connectivity index (χ3v) is 4.33. The monoisotopic (exact) mass is 318 g/mol. The zero-order chi connectivity index (χ0) is 16.9. The van der Waals surface area contributed by atoms with Gasteiger partial charge in [-0.15, -0.1) is 0 Å². The van der Waals surface area contributed by atoms with Gasteiger partial charge in [-0.3, -0.25) is 9.78 Å². The van der Waals surface area contributed by atoms with Crippen LogP contribution in [0.25, 0.3) is 10.9 Å². The lowest BCUT2D eigenvalue weighted by Crippen LogP contribution is -2.27. The highest BCUT2D eigenvalue weighted by molar-refractivity contribution is 5.87. The number of likely N-dealkylation sites (N-methyl/N-ethyl adjacent to an activating group) is 1. The van der Waals surface area contributed by atoms with Crippen LogP contribution in [-0.2, 0) is 24.2 Å². The maximum atomic E-state index is 12.6. The first-order chi connectivity index (χ1) is 11.7. The molecule has 0 radical (unpaired) electrons. The summed E-state index contributed by atoms with van der Waals surface area (Å²) in [6.07, 6.45) is 3.18. The summed E-state index contributed by atoms with van der Waals surface area (Å²) >= 11 is 0. The van der Waals surface area contributed by atoms with Crippen LogP contribution in [0.1, 0.15) is 23.6 Å². The fraction of sp³-hybridized carbons (Fsp3) is 0.238. The summed E-state index contributed by atoms with van der Waals surface area (Å²) in [5.74, 6) is 0.104. The molecule has 3 nitrogen and oxygen atoms in total. The minimum Gasteiger partial charge on any atom is -0.341 e. The van der Waals surface area contributed by atoms with Gasteiger partial charge in [0.15, 0.2) is 0 Å². The highest BCUT2D eigenvalue weighted by atomic mass is 16.2. The summed E-state index contributed by atoms with van der Waals surface area (Å²) < 4.78 is 0. The number of carbonyl (C=O) groups is 1. The molecular formula is C21H22N2O. The molecule has 0 fully saturated rings. The van der Waals surface area contributed by atoms with Crippen molar-refractivity contribution in [2.24, 2.45) is 0 Å². The predicted octanol–water partition coefficient (Wildman–Crippen LogP) is 4.00. The van der Waals surface area contributed by atoms with Crippen molar-refractivity contribution >= 4 is 16.8 Å². The number of pyridine rings is 1. The van der Waals surface area contributed by atoms with Crippen LogP contribution in [0.3, 0.4) is 0 Å². The van der Waals surface area contributed by atoms with Crippen LogP contribution in [0.2, 0.25) is 0 Å². The summed E-state index contributed by atoms with van der Waals surface area (Å²) in [6, 6.07) is 18.4. The van der Waals surface area contributed by atoms with Gasteiger partial charge >= 0.3 is 0 Å². The number of aryl methyl sites for hydroxylation is 1. The number of hydrogen-bond acceptors (Lipinski definition) is 2. The van der Waals surface area contributed by atoms with Gasteiger partial charge in [0.25, 0.3) is 0 Å². The highest BCUT2D eigenvalue weighted by Crippen LogP contribution is 2.17. The van der Waals surface area contributed by atoms with Crippen LogP contribution in [0.5, 0.6) is 0 Å². The van der Waals surface area contributed by atoms with Crippen molar-refractivity contribution in [1.29, 1.82) is 0 Å². The van der Waals surface area contributed by atoms with E-state index in [4.69, 9.17) is 0 Å². The van der Waals surface area contributed by atoms with E-state index >= 15 is 0 Å². The van der Waals surface area contributed by atoms with Crippen LogP contribution in [0.4, 0.5) is 0 Å². The highest BCUT2D eigenvalue weighted by Gasteiger charge is 2.12. The molecule has 0 spiro atoms. The van der Waals surface area contributed by atoms with E-state index in [0.29, 0.717) is 13.0 Å². The number of hydrogen-bond donors (Lipinski definition) is 0. The Balaban J connectivity index is 1.71. The fourth-order valence-corrected chi connectivity index (χ4v) is 2.85. The van der Waals surface area contributed by atoms with Crippen molar-refractivity contribution in [3.05, 3.63) is 77.5 Å². The third kappa shape index (κ3) is 3.62. The molecule has 3 rings (SSSR count). The Bertz CT molecular complexity index is 835. The molecule has 0 aliphatic heterocycles. The molecule has 0 unspecified atom stereocenters. The van der Waals surface area contributed by atoms with E-state index in [-0.39, 0.29) is 5.91 Å². The van der Waals surface area contributed by atoms with E-state index in [1.54, 1.807) is 11.1 Å². The normalized spacial score (nSPS) is 10.8. The molecule has 0 N–H and O–H groups in total. The largest absolute Gasteiger partial charge is 0.341 e. The molecule has 0 saturated heterocycles. The van der Waals surface area contributed by atoms with Gasteiger partial charge in [-0.05, 0) is 29.2 Å². The number of carbonyl (C=O) groups excluding carboxylic acids is 1. The minimum atomic E-state index is 0.104. The Labute approximate surface area is 143 Å². The Morgan fingerprint density at radius 1 is 1.00 bits per heavy atom. The molecule has 1 heterocycles. The topological polar surface area (TPSA) is 33.2 Å². The maximum absolute atomic E-state index is 12.6. The number of para-hydroxylation sites is 1. The van der Waals surface area contributed by atoms with Gasteiger partial charge in [0, 0.05) is 25.2 Å². The first kappa shape index (κ1) is 16.2. The van der Waals surface area contributed by atoms with E-state index in [1.807, 2.05) is 37.4 Å². The number of aromatic nitrogens is 1. The second kappa shape index (κ2) is 7.26. The summed E-state index contributed by atoms with van der Waals surface area (Å²) in [5.41, 5.74) is 4.36. The van der Waals surface area contributed by atoms with E-state index in [2.05, 4.69) is 36.2 Å². The Kier molecular flexibility index (Phi) is 4.90. The van der Waals surface area contributed by atoms with Gasteiger partial charge in [0.1, 0.15) is 0 Å². The van der Waals surface area contributed by atoms with Crippen LogP contribution in [0.15, 0.2) is 60.8 Å². The average Bonchev–Trinajstić information content (AvgIpc) is 2.62. The Morgan fingerprint density at radius 3 is 2.46 bits per heavy atom. The van der Waals surface area contributed by atoms with E-state index in [0.717, 1.165) is 28.5 Å². The van der Waals surface area contributed by atoms with Crippen molar-refractivity contribution < 1.29 is 4.79 Å². The molecule has 0 atom stereocenters. The number of benzene rings is 2. The van der Waals surface area contributed by atoms with E-state index in [1.165, 1.54) is 5.56 Å². The lowest BCUT2D eigenvalue weighted by atomic mass is 10.1. The van der Waals surface area contributed by atoms with Crippen molar-refractivity contribution in [2.75, 3.05) is 7.05 Å². The molecule has 3 heteroatoms. The first-order valence-corrected chi connectivity index (χ1v) is 8.32. The first-order valence-electron chi connectivity index (χ1n) is 8.32. The zero-order valence-electron chi connectivity index (χ0n) is 14.2. The standard InChI is InChI=1S/C21H22N2O/c1-3-16-9-11-17(12-10-16)15-23(2)20(24)14-19-7-4-6-18-8-5-13-22-21(18)19/h4-13H,3,14-15H2,1-2H3. The molecule has 2 aromatic carbocycles. The summed E-state index contributed by atoms with van der Waals surface area (Å²) in [5, 5.41) is 1.07. The van der Waals surface area contributed by atoms with E-state index in [9.17, 15) is 4.79 Å². The number of amides is 1.